The number of H-pyrrole nitrogens is 1. The predicted octanol–water partition coefficient (Wildman–Crippen LogP) is -2.22. The van der Waals surface area contributed by atoms with Gasteiger partial charge in [0.15, 0.2) is 6.23 Å². The van der Waals surface area contributed by atoms with E-state index in [9.17, 15) is 19.8 Å². The van der Waals surface area contributed by atoms with E-state index in [-0.39, 0.29) is 13.4 Å². The predicted molar refractivity (Wildman–Crippen MR) is 65.1 cm³/mol. The van der Waals surface area contributed by atoms with E-state index in [4.69, 9.17) is 14.2 Å². The number of nitrogens with one attached hydrogen (secondary N) is 1. The lowest BCUT2D eigenvalue weighted by Crippen LogP contribution is -2.39. The first-order chi connectivity index (χ1) is 9.58. The SMILES string of the molecule is COCOC1[C@@H](CO)O[C@@H](n2ccc(=O)[nH]c2=O)[C@H]1O. The lowest BCUT2D eigenvalue weighted by atomic mass is 10.1. The number of rotatable bonds is 5. The molecule has 0 saturated carbocycles. The molecule has 0 radical (unpaired) electrons. The zero-order valence-electron chi connectivity index (χ0n) is 10.8. The maximum Gasteiger partial charge on any atom is 0.330 e. The summed E-state index contributed by atoms with van der Waals surface area (Å²) < 4.78 is 16.4. The molecular weight excluding hydrogens is 272 g/mol. The zero-order valence-corrected chi connectivity index (χ0v) is 10.8. The molecule has 0 bridgehead atoms. The Balaban J connectivity index is 2.25. The van der Waals surface area contributed by atoms with Crippen LogP contribution in [0.3, 0.4) is 0 Å². The van der Waals surface area contributed by atoms with Gasteiger partial charge in [0.25, 0.3) is 5.56 Å². The molecule has 1 unspecified atom stereocenters. The minimum absolute atomic E-state index is 0.0885. The van der Waals surface area contributed by atoms with Crippen molar-refractivity contribution >= 4 is 0 Å². The third-order valence-corrected chi connectivity index (χ3v) is 2.99. The average Bonchev–Trinajstić information content (AvgIpc) is 2.73. The molecular formula is C11H16N2O7. The van der Waals surface area contributed by atoms with E-state index in [2.05, 4.69) is 4.98 Å². The summed E-state index contributed by atoms with van der Waals surface area (Å²) in [6.45, 7) is -0.477. The molecule has 2 rings (SSSR count). The highest BCUT2D eigenvalue weighted by Crippen LogP contribution is 2.30. The molecule has 1 aliphatic heterocycles. The number of ether oxygens (including phenoxy) is 3. The lowest BCUT2D eigenvalue weighted by molar-refractivity contribution is -0.120. The largest absolute Gasteiger partial charge is 0.394 e. The Bertz CT molecular complexity index is 554. The molecule has 1 aromatic rings. The van der Waals surface area contributed by atoms with Gasteiger partial charge in [0.05, 0.1) is 6.61 Å². The topological polar surface area (TPSA) is 123 Å². The molecule has 112 valence electrons. The highest BCUT2D eigenvalue weighted by Gasteiger charge is 2.45. The minimum atomic E-state index is -1.19. The summed E-state index contributed by atoms with van der Waals surface area (Å²) in [5.74, 6) is 0. The van der Waals surface area contributed by atoms with Crippen LogP contribution in [0, 0.1) is 0 Å². The number of aromatic amines is 1. The van der Waals surface area contributed by atoms with Gasteiger partial charge in [-0.1, -0.05) is 0 Å². The van der Waals surface area contributed by atoms with Gasteiger partial charge in [-0.2, -0.15) is 0 Å². The summed E-state index contributed by atoms with van der Waals surface area (Å²) in [5.41, 5.74) is -1.27. The second kappa shape index (κ2) is 6.29. The van der Waals surface area contributed by atoms with Crippen molar-refractivity contribution in [2.24, 2.45) is 0 Å². The molecule has 20 heavy (non-hydrogen) atoms. The second-order valence-electron chi connectivity index (χ2n) is 4.29. The Hall–Kier alpha value is -1.52. The van der Waals surface area contributed by atoms with Crippen molar-refractivity contribution in [2.75, 3.05) is 20.5 Å². The Labute approximate surface area is 113 Å². The van der Waals surface area contributed by atoms with Crippen molar-refractivity contribution in [3.05, 3.63) is 33.1 Å². The molecule has 0 spiro atoms. The Morgan fingerprint density at radius 1 is 1.50 bits per heavy atom. The molecule has 2 heterocycles. The number of hydrogen-bond donors (Lipinski definition) is 3. The van der Waals surface area contributed by atoms with Gasteiger partial charge in [-0.25, -0.2) is 4.79 Å². The van der Waals surface area contributed by atoms with Crippen molar-refractivity contribution in [1.29, 1.82) is 0 Å². The molecule has 0 amide bonds. The first kappa shape index (κ1) is 14.9. The normalized spacial score (nSPS) is 29.8. The first-order valence-corrected chi connectivity index (χ1v) is 5.95. The summed E-state index contributed by atoms with van der Waals surface area (Å²) in [4.78, 5) is 24.7. The summed E-state index contributed by atoms with van der Waals surface area (Å²) in [6.07, 6.45) is -2.68. The molecule has 1 aromatic heterocycles. The van der Waals surface area contributed by atoms with E-state index in [0.29, 0.717) is 0 Å². The van der Waals surface area contributed by atoms with Crippen molar-refractivity contribution in [1.82, 2.24) is 9.55 Å². The molecule has 9 nitrogen and oxygen atoms in total. The van der Waals surface area contributed by atoms with E-state index in [1.807, 2.05) is 0 Å². The number of aliphatic hydroxyl groups is 2. The van der Waals surface area contributed by atoms with Crippen LogP contribution in [0.4, 0.5) is 0 Å². The summed E-state index contributed by atoms with van der Waals surface area (Å²) in [6, 6.07) is 1.13. The fourth-order valence-electron chi connectivity index (χ4n) is 2.08. The first-order valence-electron chi connectivity index (χ1n) is 5.95. The van der Waals surface area contributed by atoms with E-state index in [0.717, 1.165) is 10.6 Å². The standard InChI is InChI=1S/C11H16N2O7/c1-18-5-19-9-6(4-14)20-10(8(9)16)13-3-2-7(15)12-11(13)17/h2-3,6,8-10,14,16H,4-5H2,1H3,(H,12,15,17)/t6-,8+,9?,10-/m1/s1. The molecule has 3 N–H and O–H groups in total. The van der Waals surface area contributed by atoms with Crippen LogP contribution in [0.5, 0.6) is 0 Å². The molecule has 4 atom stereocenters. The fraction of sp³-hybridized carbons (Fsp3) is 0.636. The number of hydrogen-bond acceptors (Lipinski definition) is 7. The Morgan fingerprint density at radius 3 is 2.85 bits per heavy atom. The van der Waals surface area contributed by atoms with E-state index in [1.54, 1.807) is 0 Å². The van der Waals surface area contributed by atoms with Crippen LogP contribution in [0.1, 0.15) is 6.23 Å². The Kier molecular flexibility index (Phi) is 4.68. The van der Waals surface area contributed by atoms with Gasteiger partial charge in [-0.05, 0) is 0 Å². The third kappa shape index (κ3) is 2.81. The van der Waals surface area contributed by atoms with Crippen LogP contribution in [-0.2, 0) is 14.2 Å². The second-order valence-corrected chi connectivity index (χ2v) is 4.29. The molecule has 9 heteroatoms. The minimum Gasteiger partial charge on any atom is -0.394 e. The van der Waals surface area contributed by atoms with Crippen molar-refractivity contribution in [3.8, 4) is 0 Å². The number of aliphatic hydroxyl groups excluding tert-OH is 2. The maximum atomic E-state index is 11.7. The highest BCUT2D eigenvalue weighted by molar-refractivity contribution is 4.93. The quantitative estimate of drug-likeness (QED) is 0.524. The van der Waals surface area contributed by atoms with Gasteiger partial charge >= 0.3 is 5.69 Å². The monoisotopic (exact) mass is 288 g/mol. The summed E-state index contributed by atoms with van der Waals surface area (Å²) in [5, 5.41) is 19.4. The van der Waals surface area contributed by atoms with Crippen LogP contribution in [0.15, 0.2) is 21.9 Å². The smallest absolute Gasteiger partial charge is 0.330 e. The van der Waals surface area contributed by atoms with Gasteiger partial charge < -0.3 is 24.4 Å². The number of nitrogens with zero attached hydrogens (tertiary/aromatic N) is 1. The van der Waals surface area contributed by atoms with Crippen LogP contribution >= 0.6 is 0 Å². The fourth-order valence-corrected chi connectivity index (χ4v) is 2.08. The zero-order chi connectivity index (χ0) is 14.7. The average molecular weight is 288 g/mol. The summed E-state index contributed by atoms with van der Waals surface area (Å²) >= 11 is 0. The van der Waals surface area contributed by atoms with Gasteiger partial charge in [0, 0.05) is 19.4 Å². The molecule has 1 saturated heterocycles. The van der Waals surface area contributed by atoms with Crippen LogP contribution in [0.25, 0.3) is 0 Å². The van der Waals surface area contributed by atoms with Crippen LogP contribution < -0.4 is 11.2 Å². The molecule has 0 aromatic carbocycles. The number of methoxy groups -OCH3 is 1. The van der Waals surface area contributed by atoms with Crippen LogP contribution in [0.2, 0.25) is 0 Å². The van der Waals surface area contributed by atoms with Gasteiger partial charge in [0.2, 0.25) is 0 Å². The van der Waals surface area contributed by atoms with E-state index < -0.39 is 35.8 Å². The van der Waals surface area contributed by atoms with Crippen LogP contribution in [-0.4, -0.2) is 58.6 Å². The van der Waals surface area contributed by atoms with E-state index in [1.165, 1.54) is 13.3 Å². The lowest BCUT2D eigenvalue weighted by Gasteiger charge is -2.19. The van der Waals surface area contributed by atoms with Crippen molar-refractivity contribution in [3.63, 3.8) is 0 Å². The molecule has 1 aliphatic rings. The summed E-state index contributed by atoms with van der Waals surface area (Å²) in [7, 11) is 1.42. The number of aromatic nitrogens is 2. The maximum absolute atomic E-state index is 11.7. The van der Waals surface area contributed by atoms with Gasteiger partial charge in [-0.15, -0.1) is 0 Å². The van der Waals surface area contributed by atoms with Crippen molar-refractivity contribution < 1.29 is 24.4 Å². The van der Waals surface area contributed by atoms with Crippen molar-refractivity contribution in [2.45, 2.75) is 24.5 Å². The van der Waals surface area contributed by atoms with Gasteiger partial charge in [0.1, 0.15) is 25.1 Å². The van der Waals surface area contributed by atoms with Gasteiger partial charge in [-0.3, -0.25) is 14.3 Å². The highest BCUT2D eigenvalue weighted by atomic mass is 16.7. The third-order valence-electron chi connectivity index (χ3n) is 2.99. The molecule has 0 aliphatic carbocycles. The van der Waals surface area contributed by atoms with E-state index >= 15 is 0 Å². The molecule has 1 fully saturated rings. The Morgan fingerprint density at radius 2 is 2.25 bits per heavy atom.